The first-order valence-corrected chi connectivity index (χ1v) is 11.2. The smallest absolute Gasteiger partial charge is 0.321 e. The molecule has 2 atom stereocenters. The number of carbonyl (C=O) groups is 1. The van der Waals surface area contributed by atoms with Crippen LogP contribution in [-0.4, -0.2) is 42.7 Å². The molecule has 0 spiro atoms. The van der Waals surface area contributed by atoms with Crippen LogP contribution in [0.3, 0.4) is 0 Å². The summed E-state index contributed by atoms with van der Waals surface area (Å²) in [6.45, 7) is 7.08. The Bertz CT molecular complexity index is 887. The molecule has 2 unspecified atom stereocenters. The van der Waals surface area contributed by atoms with Crippen LogP contribution in [0.25, 0.3) is 0 Å². The summed E-state index contributed by atoms with van der Waals surface area (Å²) in [6, 6.07) is 9.12. The molecule has 2 N–H and O–H groups in total. The van der Waals surface area contributed by atoms with Crippen molar-refractivity contribution in [1.82, 2.24) is 5.32 Å². The molecule has 0 amide bonds. The van der Waals surface area contributed by atoms with Crippen LogP contribution < -0.4 is 19.5 Å². The topological polar surface area (TPSA) is 77.0 Å². The highest BCUT2D eigenvalue weighted by atomic mass is 35.5. The number of rotatable bonds is 9. The van der Waals surface area contributed by atoms with Crippen LogP contribution in [0, 0.1) is 13.8 Å². The van der Waals surface area contributed by atoms with E-state index in [2.05, 4.69) is 11.4 Å². The van der Waals surface area contributed by atoms with Gasteiger partial charge in [0, 0.05) is 5.75 Å². The third-order valence-electron chi connectivity index (χ3n) is 4.51. The Morgan fingerprint density at radius 3 is 2.47 bits per heavy atom. The van der Waals surface area contributed by atoms with E-state index in [1.165, 1.54) is 11.8 Å². The lowest BCUT2D eigenvalue weighted by Crippen LogP contribution is -2.33. The molecular weight excluding hydrogens is 426 g/mol. The fraction of sp³-hybridized carbons (Fsp3) is 0.409. The summed E-state index contributed by atoms with van der Waals surface area (Å²) >= 11 is 8.01. The van der Waals surface area contributed by atoms with Crippen molar-refractivity contribution < 1.29 is 24.1 Å². The average molecular weight is 452 g/mol. The molecule has 2 aromatic carbocycles. The average Bonchev–Trinajstić information content (AvgIpc) is 3.16. The molecule has 0 aromatic heterocycles. The van der Waals surface area contributed by atoms with E-state index in [-0.39, 0.29) is 5.37 Å². The van der Waals surface area contributed by atoms with Crippen molar-refractivity contribution in [1.29, 1.82) is 0 Å². The van der Waals surface area contributed by atoms with Gasteiger partial charge >= 0.3 is 5.97 Å². The summed E-state index contributed by atoms with van der Waals surface area (Å²) in [7, 11) is 0. The van der Waals surface area contributed by atoms with Gasteiger partial charge in [0.15, 0.2) is 11.5 Å². The van der Waals surface area contributed by atoms with E-state index in [1.54, 1.807) is 6.07 Å². The van der Waals surface area contributed by atoms with Gasteiger partial charge in [0.2, 0.25) is 0 Å². The number of carboxylic acids is 1. The number of aryl methyl sites for hydroxylation is 2. The van der Waals surface area contributed by atoms with Gasteiger partial charge in [-0.3, -0.25) is 10.1 Å². The lowest BCUT2D eigenvalue weighted by Gasteiger charge is -2.18. The fourth-order valence-electron chi connectivity index (χ4n) is 3.27. The molecule has 0 saturated carbocycles. The maximum atomic E-state index is 11.2. The number of carboxylic acid groups (broad SMARTS) is 1. The van der Waals surface area contributed by atoms with Crippen LogP contribution in [-0.2, 0) is 4.79 Å². The molecule has 1 fully saturated rings. The zero-order chi connectivity index (χ0) is 21.7. The Hall–Kier alpha value is -2.09. The minimum Gasteiger partial charge on any atom is -0.490 e. The Labute approximate surface area is 185 Å². The van der Waals surface area contributed by atoms with Crippen molar-refractivity contribution in [3.63, 3.8) is 0 Å². The molecule has 1 saturated heterocycles. The lowest BCUT2D eigenvalue weighted by atomic mass is 10.1. The molecule has 8 heteroatoms. The zero-order valence-corrected chi connectivity index (χ0v) is 18.8. The Balaban J connectivity index is 1.66. The molecule has 2 aromatic rings. The van der Waals surface area contributed by atoms with Gasteiger partial charge in [0.05, 0.1) is 17.0 Å². The van der Waals surface area contributed by atoms with Crippen LogP contribution in [0.5, 0.6) is 17.2 Å². The largest absolute Gasteiger partial charge is 0.490 e. The summed E-state index contributed by atoms with van der Waals surface area (Å²) in [5.41, 5.74) is 3.15. The van der Waals surface area contributed by atoms with Gasteiger partial charge in [0.25, 0.3) is 0 Å². The van der Waals surface area contributed by atoms with E-state index < -0.39 is 12.0 Å². The monoisotopic (exact) mass is 451 g/mol. The van der Waals surface area contributed by atoms with E-state index >= 15 is 0 Å². The van der Waals surface area contributed by atoms with Crippen LogP contribution in [0.4, 0.5) is 0 Å². The minimum atomic E-state index is -0.857. The van der Waals surface area contributed by atoms with Crippen LogP contribution in [0.15, 0.2) is 30.3 Å². The molecule has 1 aliphatic heterocycles. The number of thioether (sulfide) groups is 1. The van der Waals surface area contributed by atoms with Gasteiger partial charge in [-0.15, -0.1) is 11.8 Å². The maximum absolute atomic E-state index is 11.2. The summed E-state index contributed by atoms with van der Waals surface area (Å²) in [4.78, 5) is 11.2. The number of halogens is 1. The van der Waals surface area contributed by atoms with E-state index in [1.807, 2.05) is 39.0 Å². The van der Waals surface area contributed by atoms with Crippen LogP contribution >= 0.6 is 23.4 Å². The molecule has 3 rings (SSSR count). The fourth-order valence-corrected chi connectivity index (χ4v) is 4.75. The van der Waals surface area contributed by atoms with Crippen LogP contribution in [0.2, 0.25) is 5.02 Å². The highest BCUT2D eigenvalue weighted by molar-refractivity contribution is 7.99. The molecule has 6 nitrogen and oxygen atoms in total. The highest BCUT2D eigenvalue weighted by Crippen LogP contribution is 2.42. The number of nitrogens with one attached hydrogen (secondary N) is 1. The number of hydrogen-bond donors (Lipinski definition) is 2. The second kappa shape index (κ2) is 10.3. The molecule has 0 radical (unpaired) electrons. The van der Waals surface area contributed by atoms with Gasteiger partial charge in [-0.2, -0.15) is 0 Å². The third kappa shape index (κ3) is 5.74. The third-order valence-corrected chi connectivity index (χ3v) is 6.06. The molecule has 0 aliphatic carbocycles. The van der Waals surface area contributed by atoms with Crippen molar-refractivity contribution in [3.8, 4) is 17.2 Å². The molecule has 30 heavy (non-hydrogen) atoms. The van der Waals surface area contributed by atoms with E-state index in [4.69, 9.17) is 25.8 Å². The standard InChI is InChI=1S/C22H26ClNO5S/c1-4-27-19-11-15(21-24-18(12-30-21)22(25)26)10-17(23)20(19)29-6-5-28-16-8-13(2)7-14(3)9-16/h7-11,18,21,24H,4-6,12H2,1-3H3,(H,25,26). The number of benzene rings is 2. The first-order chi connectivity index (χ1) is 14.4. The first-order valence-electron chi connectivity index (χ1n) is 9.78. The highest BCUT2D eigenvalue weighted by Gasteiger charge is 2.31. The van der Waals surface area contributed by atoms with Gasteiger partial charge in [-0.25, -0.2) is 0 Å². The summed E-state index contributed by atoms with van der Waals surface area (Å²) < 4.78 is 17.4. The quantitative estimate of drug-likeness (QED) is 0.539. The van der Waals surface area contributed by atoms with Crippen molar-refractivity contribution in [2.24, 2.45) is 0 Å². The second-order valence-corrected chi connectivity index (χ2v) is 8.60. The van der Waals surface area contributed by atoms with Crippen LogP contribution in [0.1, 0.15) is 29.0 Å². The number of ether oxygens (including phenoxy) is 3. The predicted molar refractivity (Wildman–Crippen MR) is 119 cm³/mol. The van der Waals surface area contributed by atoms with Gasteiger partial charge in [-0.05, 0) is 61.7 Å². The SMILES string of the molecule is CCOc1cc(C2NC(C(=O)O)CS2)cc(Cl)c1OCCOc1cc(C)cc(C)c1. The summed E-state index contributed by atoms with van der Waals surface area (Å²) in [6.07, 6.45) is 0. The maximum Gasteiger partial charge on any atom is 0.321 e. The molecular formula is C22H26ClNO5S. The Morgan fingerprint density at radius 1 is 1.13 bits per heavy atom. The number of aliphatic carboxylic acids is 1. The first kappa shape index (κ1) is 22.6. The summed E-state index contributed by atoms with van der Waals surface area (Å²) in [5, 5.41) is 12.5. The molecule has 162 valence electrons. The summed E-state index contributed by atoms with van der Waals surface area (Å²) in [5.74, 6) is 1.44. The van der Waals surface area contributed by atoms with E-state index in [0.29, 0.717) is 42.1 Å². The molecule has 0 bridgehead atoms. The van der Waals surface area contributed by atoms with Crippen molar-refractivity contribution in [3.05, 3.63) is 52.0 Å². The predicted octanol–water partition coefficient (Wildman–Crippen LogP) is 4.60. The zero-order valence-electron chi connectivity index (χ0n) is 17.2. The van der Waals surface area contributed by atoms with E-state index in [0.717, 1.165) is 22.4 Å². The van der Waals surface area contributed by atoms with Gasteiger partial charge < -0.3 is 19.3 Å². The van der Waals surface area contributed by atoms with Gasteiger partial charge in [-0.1, -0.05) is 17.7 Å². The molecule has 1 heterocycles. The Kier molecular flexibility index (Phi) is 7.75. The van der Waals surface area contributed by atoms with E-state index in [9.17, 15) is 9.90 Å². The second-order valence-electron chi connectivity index (χ2n) is 7.05. The van der Waals surface area contributed by atoms with Crippen molar-refractivity contribution in [2.45, 2.75) is 32.2 Å². The lowest BCUT2D eigenvalue weighted by molar-refractivity contribution is -0.138. The normalized spacial score (nSPS) is 18.3. The van der Waals surface area contributed by atoms with Crippen molar-refractivity contribution in [2.75, 3.05) is 25.6 Å². The van der Waals surface area contributed by atoms with Gasteiger partial charge in [0.1, 0.15) is 25.0 Å². The minimum absolute atomic E-state index is 0.162. The molecule has 1 aliphatic rings. The van der Waals surface area contributed by atoms with Crippen molar-refractivity contribution >= 4 is 29.3 Å². The Morgan fingerprint density at radius 2 is 1.83 bits per heavy atom. The number of hydrogen-bond acceptors (Lipinski definition) is 6.